The summed E-state index contributed by atoms with van der Waals surface area (Å²) in [5.74, 6) is 0.353. The maximum Gasteiger partial charge on any atom is 0.271 e. The summed E-state index contributed by atoms with van der Waals surface area (Å²) in [7, 11) is 0. The van der Waals surface area contributed by atoms with Crippen LogP contribution in [0.4, 0.5) is 5.82 Å². The molecule has 2 unspecified atom stereocenters. The molecule has 2 aromatic carbocycles. The Morgan fingerprint density at radius 2 is 1.77 bits per heavy atom. The number of nitrogen functional groups attached to an aromatic ring is 1. The second-order valence-corrected chi connectivity index (χ2v) is 8.36. The van der Waals surface area contributed by atoms with Crippen molar-refractivity contribution in [1.29, 1.82) is 0 Å². The lowest BCUT2D eigenvalue weighted by molar-refractivity contribution is -0.134. The number of carbonyl (C=O) groups is 2. The number of fused-ring (bicyclic) bond motifs is 1. The molecule has 2 atom stereocenters. The van der Waals surface area contributed by atoms with Gasteiger partial charge in [0.25, 0.3) is 5.91 Å². The molecule has 1 saturated heterocycles. The summed E-state index contributed by atoms with van der Waals surface area (Å²) >= 11 is 0. The lowest BCUT2D eigenvalue weighted by Gasteiger charge is -2.33. The van der Waals surface area contributed by atoms with E-state index in [0.717, 1.165) is 19.3 Å². The van der Waals surface area contributed by atoms with Crippen molar-refractivity contribution >= 4 is 28.4 Å². The van der Waals surface area contributed by atoms with E-state index in [1.165, 1.54) is 16.3 Å². The van der Waals surface area contributed by atoms with Crippen LogP contribution in [-0.4, -0.2) is 39.4 Å². The number of imidazole rings is 1. The van der Waals surface area contributed by atoms with Gasteiger partial charge in [-0.25, -0.2) is 4.98 Å². The quantitative estimate of drug-likeness (QED) is 0.698. The van der Waals surface area contributed by atoms with Gasteiger partial charge in [-0.2, -0.15) is 0 Å². The number of hydrogen-bond acceptors (Lipinski definition) is 4. The Balaban J connectivity index is 1.22. The third-order valence-corrected chi connectivity index (χ3v) is 6.54. The third kappa shape index (κ3) is 3.20. The van der Waals surface area contributed by atoms with Gasteiger partial charge in [0, 0.05) is 25.0 Å². The number of aromatic nitrogens is 2. The molecule has 1 aliphatic heterocycles. The predicted molar refractivity (Wildman–Crippen MR) is 115 cm³/mol. The van der Waals surface area contributed by atoms with Gasteiger partial charge < -0.3 is 20.9 Å². The van der Waals surface area contributed by atoms with E-state index in [-0.39, 0.29) is 23.6 Å². The van der Waals surface area contributed by atoms with Gasteiger partial charge in [-0.3, -0.25) is 9.59 Å². The summed E-state index contributed by atoms with van der Waals surface area (Å²) in [5, 5.41) is 2.45. The maximum atomic E-state index is 13.0. The maximum absolute atomic E-state index is 13.0. The average molecular weight is 403 g/mol. The van der Waals surface area contributed by atoms with Crippen LogP contribution in [0, 0.1) is 5.92 Å². The summed E-state index contributed by atoms with van der Waals surface area (Å²) < 4.78 is 1.82. The van der Waals surface area contributed by atoms with E-state index in [4.69, 9.17) is 11.5 Å². The first kappa shape index (κ1) is 18.7. The van der Waals surface area contributed by atoms with E-state index in [1.807, 2.05) is 21.6 Å². The Kier molecular flexibility index (Phi) is 4.46. The highest BCUT2D eigenvalue weighted by atomic mass is 16.2. The number of carbonyl (C=O) groups excluding carboxylic acids is 2. The fourth-order valence-corrected chi connectivity index (χ4v) is 4.73. The monoisotopic (exact) mass is 403 g/mol. The van der Waals surface area contributed by atoms with Crippen molar-refractivity contribution in [2.24, 2.45) is 11.7 Å². The molecular weight excluding hydrogens is 378 g/mol. The minimum atomic E-state index is -0.618. The number of rotatable bonds is 4. The molecule has 1 aromatic heterocycles. The van der Waals surface area contributed by atoms with Crippen molar-refractivity contribution in [3.63, 3.8) is 0 Å². The van der Waals surface area contributed by atoms with Crippen molar-refractivity contribution in [3.05, 3.63) is 60.0 Å². The predicted octanol–water partition coefficient (Wildman–Crippen LogP) is 2.68. The molecule has 7 heteroatoms. The molecule has 30 heavy (non-hydrogen) atoms. The molecule has 0 spiro atoms. The summed E-state index contributed by atoms with van der Waals surface area (Å²) in [6, 6.07) is 15.0. The van der Waals surface area contributed by atoms with Crippen LogP contribution in [0.1, 0.15) is 47.3 Å². The molecule has 2 heterocycles. The largest absolute Gasteiger partial charge is 0.383 e. The van der Waals surface area contributed by atoms with Crippen molar-refractivity contribution < 1.29 is 9.59 Å². The molecule has 0 radical (unpaired) electrons. The van der Waals surface area contributed by atoms with Gasteiger partial charge in [0.2, 0.25) is 5.91 Å². The van der Waals surface area contributed by atoms with Crippen molar-refractivity contribution in [1.82, 2.24) is 14.5 Å². The summed E-state index contributed by atoms with van der Waals surface area (Å²) in [6.45, 7) is 1.38. The summed E-state index contributed by atoms with van der Waals surface area (Å²) in [6.07, 6.45) is 4.08. The second-order valence-electron chi connectivity index (χ2n) is 8.36. The number of anilines is 1. The van der Waals surface area contributed by atoms with Crippen LogP contribution in [0.2, 0.25) is 0 Å². The molecular formula is C23H25N5O2. The van der Waals surface area contributed by atoms with Crippen LogP contribution < -0.4 is 11.5 Å². The first-order valence-electron chi connectivity index (χ1n) is 10.4. The molecule has 154 valence electrons. The van der Waals surface area contributed by atoms with Gasteiger partial charge in [0.15, 0.2) is 5.69 Å². The van der Waals surface area contributed by atoms with Crippen molar-refractivity contribution in [2.45, 2.75) is 31.2 Å². The molecule has 2 amide bonds. The SMILES string of the molecule is NC(=O)c1ncn(C2CCN(C(=O)C3CC3c3ccc4ccccc4c3)CC2)c1N. The zero-order chi connectivity index (χ0) is 20.8. The van der Waals surface area contributed by atoms with E-state index in [1.54, 1.807) is 6.33 Å². The van der Waals surface area contributed by atoms with Crippen molar-refractivity contribution in [3.8, 4) is 0 Å². The van der Waals surface area contributed by atoms with Gasteiger partial charge in [-0.05, 0) is 41.5 Å². The van der Waals surface area contributed by atoms with E-state index >= 15 is 0 Å². The molecule has 0 bridgehead atoms. The first-order valence-corrected chi connectivity index (χ1v) is 10.4. The second kappa shape index (κ2) is 7.16. The Morgan fingerprint density at radius 1 is 1.03 bits per heavy atom. The molecule has 2 aliphatic rings. The minimum absolute atomic E-state index is 0.0856. The number of nitrogens with zero attached hydrogens (tertiary/aromatic N) is 3. The number of primary amides is 1. The van der Waals surface area contributed by atoms with E-state index < -0.39 is 5.91 Å². The normalized spacial score (nSPS) is 21.7. The molecule has 5 rings (SSSR count). The Hall–Kier alpha value is -3.35. The molecule has 1 saturated carbocycles. The average Bonchev–Trinajstić information content (AvgIpc) is 3.47. The fourth-order valence-electron chi connectivity index (χ4n) is 4.73. The van der Waals surface area contributed by atoms with E-state index in [2.05, 4.69) is 35.3 Å². The minimum Gasteiger partial charge on any atom is -0.383 e. The number of amides is 2. The van der Waals surface area contributed by atoms with E-state index in [0.29, 0.717) is 24.8 Å². The smallest absolute Gasteiger partial charge is 0.271 e. The Morgan fingerprint density at radius 3 is 2.47 bits per heavy atom. The highest BCUT2D eigenvalue weighted by Crippen LogP contribution is 2.49. The third-order valence-electron chi connectivity index (χ3n) is 6.54. The molecule has 3 aromatic rings. The molecule has 2 fully saturated rings. The molecule has 7 nitrogen and oxygen atoms in total. The Labute approximate surface area is 174 Å². The lowest BCUT2D eigenvalue weighted by atomic mass is 10.0. The van der Waals surface area contributed by atoms with E-state index in [9.17, 15) is 9.59 Å². The first-order chi connectivity index (χ1) is 14.5. The zero-order valence-electron chi connectivity index (χ0n) is 16.7. The van der Waals surface area contributed by atoms with Crippen LogP contribution in [0.5, 0.6) is 0 Å². The van der Waals surface area contributed by atoms with Crippen LogP contribution in [-0.2, 0) is 4.79 Å². The number of benzene rings is 2. The highest BCUT2D eigenvalue weighted by Gasteiger charge is 2.46. The molecule has 1 aliphatic carbocycles. The van der Waals surface area contributed by atoms with Crippen LogP contribution in [0.15, 0.2) is 48.8 Å². The van der Waals surface area contributed by atoms with Gasteiger partial charge in [-0.15, -0.1) is 0 Å². The van der Waals surface area contributed by atoms with Crippen LogP contribution in [0.25, 0.3) is 10.8 Å². The number of piperidine rings is 1. The summed E-state index contributed by atoms with van der Waals surface area (Å²) in [5.41, 5.74) is 12.7. The molecule has 4 N–H and O–H groups in total. The lowest BCUT2D eigenvalue weighted by Crippen LogP contribution is -2.40. The standard InChI is InChI=1S/C23H25N5O2/c24-21-20(22(25)29)26-13-28(21)17-7-9-27(10-8-17)23(30)19-12-18(19)16-6-5-14-3-1-2-4-15(14)11-16/h1-6,11,13,17-19H,7-10,12,24H2,(H2,25,29). The van der Waals surface area contributed by atoms with Crippen LogP contribution >= 0.6 is 0 Å². The summed E-state index contributed by atoms with van der Waals surface area (Å²) in [4.78, 5) is 30.4. The topological polar surface area (TPSA) is 107 Å². The fraction of sp³-hybridized carbons (Fsp3) is 0.348. The number of hydrogen-bond donors (Lipinski definition) is 2. The zero-order valence-corrected chi connectivity index (χ0v) is 16.7. The van der Waals surface area contributed by atoms with Gasteiger partial charge in [-0.1, -0.05) is 42.5 Å². The van der Waals surface area contributed by atoms with Crippen molar-refractivity contribution in [2.75, 3.05) is 18.8 Å². The number of nitrogens with two attached hydrogens (primary N) is 2. The van der Waals surface area contributed by atoms with Gasteiger partial charge in [0.05, 0.1) is 6.33 Å². The van der Waals surface area contributed by atoms with Crippen LogP contribution in [0.3, 0.4) is 0 Å². The number of likely N-dealkylation sites (tertiary alicyclic amines) is 1. The highest BCUT2D eigenvalue weighted by molar-refractivity contribution is 5.95. The van der Waals surface area contributed by atoms with Gasteiger partial charge >= 0.3 is 0 Å². The Bertz CT molecular complexity index is 1130. The van der Waals surface area contributed by atoms with Gasteiger partial charge in [0.1, 0.15) is 5.82 Å².